The molecule has 5 aromatic carbocycles. The van der Waals surface area contributed by atoms with Crippen LogP contribution in [0.4, 0.5) is 0 Å². The van der Waals surface area contributed by atoms with Crippen molar-refractivity contribution in [1.82, 2.24) is 15.0 Å². The number of rotatable bonds is 6. The zero-order chi connectivity index (χ0) is 28.1. The molecule has 0 spiro atoms. The summed E-state index contributed by atoms with van der Waals surface area (Å²) in [6.45, 7) is 0. The third-order valence-electron chi connectivity index (χ3n) is 7.41. The molecule has 0 radical (unpaired) electrons. The molecule has 0 unspecified atom stereocenters. The zero-order valence-electron chi connectivity index (χ0n) is 22.9. The van der Waals surface area contributed by atoms with Crippen LogP contribution in [0, 0.1) is 0 Å². The molecular formula is C39H27N3. The fourth-order valence-corrected chi connectivity index (χ4v) is 5.12. The van der Waals surface area contributed by atoms with Crippen molar-refractivity contribution in [2.24, 2.45) is 0 Å². The van der Waals surface area contributed by atoms with E-state index in [4.69, 9.17) is 9.97 Å². The van der Waals surface area contributed by atoms with Crippen molar-refractivity contribution in [2.75, 3.05) is 0 Å². The first-order chi connectivity index (χ1) is 20.8. The lowest BCUT2D eigenvalue weighted by molar-refractivity contribution is 1.18. The van der Waals surface area contributed by atoms with Gasteiger partial charge in [0.15, 0.2) is 5.82 Å². The van der Waals surface area contributed by atoms with E-state index in [0.717, 1.165) is 44.9 Å². The van der Waals surface area contributed by atoms with Gasteiger partial charge in [-0.2, -0.15) is 0 Å². The van der Waals surface area contributed by atoms with Crippen LogP contribution in [0.1, 0.15) is 0 Å². The van der Waals surface area contributed by atoms with Crippen LogP contribution in [0.3, 0.4) is 0 Å². The summed E-state index contributed by atoms with van der Waals surface area (Å²) in [5, 5.41) is 0. The molecule has 0 fully saturated rings. The van der Waals surface area contributed by atoms with Crippen LogP contribution in [-0.2, 0) is 0 Å². The van der Waals surface area contributed by atoms with Gasteiger partial charge in [0.25, 0.3) is 0 Å². The number of pyridine rings is 1. The van der Waals surface area contributed by atoms with E-state index in [1.54, 1.807) is 0 Å². The molecule has 7 aromatic rings. The molecule has 2 heterocycles. The molecular weight excluding hydrogens is 510 g/mol. The summed E-state index contributed by atoms with van der Waals surface area (Å²) < 4.78 is 0. The first-order valence-corrected chi connectivity index (χ1v) is 14.0. The Bertz CT molecular complexity index is 1670. The number of aromatic nitrogens is 3. The molecule has 0 atom stereocenters. The Morgan fingerprint density at radius 2 is 0.667 bits per heavy atom. The molecule has 0 N–H and O–H groups in total. The molecule has 0 saturated carbocycles. The second-order valence-corrected chi connectivity index (χ2v) is 10.1. The average molecular weight is 538 g/mol. The minimum Gasteiger partial charge on any atom is -0.256 e. The van der Waals surface area contributed by atoms with Gasteiger partial charge in [0, 0.05) is 28.5 Å². The van der Waals surface area contributed by atoms with Gasteiger partial charge in [-0.25, -0.2) is 9.97 Å². The molecule has 0 aliphatic rings. The van der Waals surface area contributed by atoms with Crippen molar-refractivity contribution >= 4 is 0 Å². The Morgan fingerprint density at radius 1 is 0.286 bits per heavy atom. The largest absolute Gasteiger partial charge is 0.256 e. The summed E-state index contributed by atoms with van der Waals surface area (Å²) in [5.41, 5.74) is 11.6. The van der Waals surface area contributed by atoms with Crippen LogP contribution < -0.4 is 0 Å². The Hall–Kier alpha value is -5.67. The third kappa shape index (κ3) is 5.36. The maximum absolute atomic E-state index is 5.05. The van der Waals surface area contributed by atoms with Crippen molar-refractivity contribution in [1.29, 1.82) is 0 Å². The number of hydrogen-bond donors (Lipinski definition) is 0. The van der Waals surface area contributed by atoms with Crippen LogP contribution in [-0.4, -0.2) is 15.0 Å². The molecule has 3 nitrogen and oxygen atoms in total. The summed E-state index contributed by atoms with van der Waals surface area (Å²) in [4.78, 5) is 14.6. The lowest BCUT2D eigenvalue weighted by atomic mass is 10.0. The van der Waals surface area contributed by atoms with E-state index in [1.165, 1.54) is 16.7 Å². The van der Waals surface area contributed by atoms with Crippen molar-refractivity contribution < 1.29 is 0 Å². The van der Waals surface area contributed by atoms with E-state index in [1.807, 2.05) is 36.5 Å². The first kappa shape index (κ1) is 25.3. The van der Waals surface area contributed by atoms with E-state index >= 15 is 0 Å². The van der Waals surface area contributed by atoms with E-state index in [-0.39, 0.29) is 0 Å². The highest BCUT2D eigenvalue weighted by molar-refractivity contribution is 5.76. The second-order valence-electron chi connectivity index (χ2n) is 10.1. The zero-order valence-corrected chi connectivity index (χ0v) is 22.9. The Kier molecular flexibility index (Phi) is 6.89. The topological polar surface area (TPSA) is 38.7 Å². The Morgan fingerprint density at radius 3 is 1.12 bits per heavy atom. The third-order valence-corrected chi connectivity index (χ3v) is 7.41. The van der Waals surface area contributed by atoms with Gasteiger partial charge >= 0.3 is 0 Å². The van der Waals surface area contributed by atoms with Crippen molar-refractivity contribution in [3.05, 3.63) is 164 Å². The molecule has 198 valence electrons. The molecule has 0 bridgehead atoms. The average Bonchev–Trinajstić information content (AvgIpc) is 3.09. The van der Waals surface area contributed by atoms with Gasteiger partial charge < -0.3 is 0 Å². The van der Waals surface area contributed by atoms with E-state index < -0.39 is 0 Å². The van der Waals surface area contributed by atoms with Crippen LogP contribution in [0.15, 0.2) is 164 Å². The number of nitrogens with zero attached hydrogens (tertiary/aromatic N) is 3. The van der Waals surface area contributed by atoms with Crippen LogP contribution in [0.25, 0.3) is 67.4 Å². The normalized spacial score (nSPS) is 10.9. The van der Waals surface area contributed by atoms with Crippen LogP contribution in [0.2, 0.25) is 0 Å². The predicted octanol–water partition coefficient (Wildman–Crippen LogP) is 9.87. The maximum Gasteiger partial charge on any atom is 0.160 e. The van der Waals surface area contributed by atoms with Crippen LogP contribution >= 0.6 is 0 Å². The first-order valence-electron chi connectivity index (χ1n) is 14.0. The minimum atomic E-state index is 0.697. The number of hydrogen-bond acceptors (Lipinski definition) is 3. The highest BCUT2D eigenvalue weighted by Crippen LogP contribution is 2.31. The van der Waals surface area contributed by atoms with Gasteiger partial charge in [-0.15, -0.1) is 0 Å². The SMILES string of the molecule is c1ccc(-c2ccc(-c3cc(-c4ccc(-c5ccccn5)cc4)nc(-c4ccc(-c5ccccc5)cc4)n3)cc2)cc1. The summed E-state index contributed by atoms with van der Waals surface area (Å²) in [7, 11) is 0. The van der Waals surface area contributed by atoms with E-state index in [0.29, 0.717) is 5.82 Å². The molecule has 42 heavy (non-hydrogen) atoms. The lowest BCUT2D eigenvalue weighted by Gasteiger charge is -2.11. The summed E-state index contributed by atoms with van der Waals surface area (Å²) in [6, 6.07) is 54.3. The highest BCUT2D eigenvalue weighted by atomic mass is 14.9. The maximum atomic E-state index is 5.05. The van der Waals surface area contributed by atoms with Gasteiger partial charge in [-0.1, -0.05) is 140 Å². The van der Waals surface area contributed by atoms with Gasteiger partial charge in [-0.3, -0.25) is 4.98 Å². The van der Waals surface area contributed by atoms with E-state index in [2.05, 4.69) is 132 Å². The van der Waals surface area contributed by atoms with Crippen molar-refractivity contribution in [3.8, 4) is 67.4 Å². The summed E-state index contributed by atoms with van der Waals surface area (Å²) in [6.07, 6.45) is 1.82. The van der Waals surface area contributed by atoms with Gasteiger partial charge in [0.2, 0.25) is 0 Å². The van der Waals surface area contributed by atoms with Gasteiger partial charge in [-0.05, 0) is 40.5 Å². The standard InChI is InChI=1S/C39H27N3/c1-3-9-28(10-4-1)30-14-18-33(19-15-30)37-27-38(34-22-20-32(21-23-34)36-13-7-8-26-40-36)42-39(41-37)35-24-16-31(17-25-35)29-11-5-2-6-12-29/h1-27H. The monoisotopic (exact) mass is 537 g/mol. The fourth-order valence-electron chi connectivity index (χ4n) is 5.12. The smallest absolute Gasteiger partial charge is 0.160 e. The Balaban J connectivity index is 1.29. The molecule has 0 amide bonds. The van der Waals surface area contributed by atoms with Crippen molar-refractivity contribution in [2.45, 2.75) is 0 Å². The van der Waals surface area contributed by atoms with Gasteiger partial charge in [0.1, 0.15) is 0 Å². The van der Waals surface area contributed by atoms with Crippen molar-refractivity contribution in [3.63, 3.8) is 0 Å². The van der Waals surface area contributed by atoms with E-state index in [9.17, 15) is 0 Å². The lowest BCUT2D eigenvalue weighted by Crippen LogP contribution is -1.96. The molecule has 7 rings (SSSR count). The predicted molar refractivity (Wildman–Crippen MR) is 172 cm³/mol. The fraction of sp³-hybridized carbons (Fsp3) is 0. The summed E-state index contributed by atoms with van der Waals surface area (Å²) in [5.74, 6) is 0.697. The summed E-state index contributed by atoms with van der Waals surface area (Å²) >= 11 is 0. The molecule has 0 saturated heterocycles. The molecule has 0 aliphatic heterocycles. The van der Waals surface area contributed by atoms with Gasteiger partial charge in [0.05, 0.1) is 17.1 Å². The molecule has 2 aromatic heterocycles. The Labute approximate surface area is 245 Å². The van der Waals surface area contributed by atoms with Crippen LogP contribution in [0.5, 0.6) is 0 Å². The highest BCUT2D eigenvalue weighted by Gasteiger charge is 2.12. The number of benzene rings is 5. The molecule has 0 aliphatic carbocycles. The quantitative estimate of drug-likeness (QED) is 0.212. The molecule has 3 heteroatoms. The second kappa shape index (κ2) is 11.4. The minimum absolute atomic E-state index is 0.697.